The van der Waals surface area contributed by atoms with Crippen LogP contribution in [0, 0.1) is 11.8 Å². The fourth-order valence-electron chi connectivity index (χ4n) is 5.07. The maximum absolute atomic E-state index is 5.81. The molecule has 2 aromatic carbocycles. The summed E-state index contributed by atoms with van der Waals surface area (Å²) in [5, 5.41) is 0. The lowest BCUT2D eigenvalue weighted by Crippen LogP contribution is -2.40. The van der Waals surface area contributed by atoms with E-state index in [0.29, 0.717) is 46.3 Å². The summed E-state index contributed by atoms with van der Waals surface area (Å²) >= 11 is 0. The summed E-state index contributed by atoms with van der Waals surface area (Å²) in [6.07, 6.45) is 0. The predicted molar refractivity (Wildman–Crippen MR) is 116 cm³/mol. The number of hydrogen-bond acceptors (Lipinski definition) is 7. The number of rotatable bonds is 7. The first-order valence-electron chi connectivity index (χ1n) is 10.3. The Hall–Kier alpha value is -2.96. The van der Waals surface area contributed by atoms with Crippen molar-refractivity contribution in [2.45, 2.75) is 25.7 Å². The molecule has 0 amide bonds. The van der Waals surface area contributed by atoms with Gasteiger partial charge in [-0.3, -0.25) is 0 Å². The normalized spacial score (nSPS) is 23.7. The maximum Gasteiger partial charge on any atom is 0.231 e. The standard InChI is InChI=1S/C24H30O7/c1-12-13(2)21(15-9-19(28-6)23-24(22(15)29-7)31-11-30-23)20(12)14-8-17(26-4)18(27-5)10-16(14)25-3/h8-10,12-13,20-21H,11H2,1-7H3. The molecule has 0 saturated heterocycles. The van der Waals surface area contributed by atoms with Crippen LogP contribution in [0.25, 0.3) is 0 Å². The topological polar surface area (TPSA) is 64.6 Å². The minimum absolute atomic E-state index is 0.148. The molecule has 2 aliphatic rings. The molecule has 0 radical (unpaired) electrons. The van der Waals surface area contributed by atoms with Gasteiger partial charge in [0, 0.05) is 17.2 Å². The molecule has 1 fully saturated rings. The summed E-state index contributed by atoms with van der Waals surface area (Å²) in [5.74, 6) is 5.79. The van der Waals surface area contributed by atoms with E-state index in [-0.39, 0.29) is 18.6 Å². The Morgan fingerprint density at radius 1 is 0.613 bits per heavy atom. The Labute approximate surface area is 183 Å². The number of benzene rings is 2. The molecular formula is C24H30O7. The van der Waals surface area contributed by atoms with Crippen LogP contribution < -0.4 is 33.2 Å². The van der Waals surface area contributed by atoms with Crippen molar-refractivity contribution in [1.82, 2.24) is 0 Å². The molecule has 1 heterocycles. The van der Waals surface area contributed by atoms with Crippen LogP contribution in [0.5, 0.6) is 40.2 Å². The summed E-state index contributed by atoms with van der Waals surface area (Å²) < 4.78 is 39.6. The predicted octanol–water partition coefficient (Wildman–Crippen LogP) is 4.61. The van der Waals surface area contributed by atoms with E-state index >= 15 is 0 Å². The van der Waals surface area contributed by atoms with Gasteiger partial charge in [0.25, 0.3) is 0 Å². The summed E-state index contributed by atoms with van der Waals surface area (Å²) in [7, 11) is 8.24. The van der Waals surface area contributed by atoms with Crippen LogP contribution in [0.3, 0.4) is 0 Å². The van der Waals surface area contributed by atoms with Gasteiger partial charge < -0.3 is 33.2 Å². The van der Waals surface area contributed by atoms with Crippen LogP contribution in [-0.2, 0) is 0 Å². The fraction of sp³-hybridized carbons (Fsp3) is 0.500. The van der Waals surface area contributed by atoms with Crippen LogP contribution in [0.4, 0.5) is 0 Å². The van der Waals surface area contributed by atoms with Gasteiger partial charge in [-0.1, -0.05) is 13.8 Å². The van der Waals surface area contributed by atoms with E-state index in [9.17, 15) is 0 Å². The molecule has 1 aliphatic carbocycles. The quantitative estimate of drug-likeness (QED) is 0.635. The van der Waals surface area contributed by atoms with E-state index in [0.717, 1.165) is 16.9 Å². The van der Waals surface area contributed by atoms with Gasteiger partial charge in [-0.2, -0.15) is 0 Å². The number of ether oxygens (including phenoxy) is 7. The first kappa shape index (κ1) is 21.3. The van der Waals surface area contributed by atoms with Gasteiger partial charge >= 0.3 is 0 Å². The largest absolute Gasteiger partial charge is 0.496 e. The van der Waals surface area contributed by atoms with Crippen molar-refractivity contribution in [1.29, 1.82) is 0 Å². The van der Waals surface area contributed by atoms with Gasteiger partial charge in [0.15, 0.2) is 23.0 Å². The second kappa shape index (κ2) is 8.29. The van der Waals surface area contributed by atoms with E-state index < -0.39 is 0 Å². The highest BCUT2D eigenvalue weighted by Crippen LogP contribution is 2.63. The van der Waals surface area contributed by atoms with Crippen molar-refractivity contribution in [2.24, 2.45) is 11.8 Å². The van der Waals surface area contributed by atoms with E-state index in [2.05, 4.69) is 13.8 Å². The lowest BCUT2D eigenvalue weighted by Gasteiger charge is -2.50. The average Bonchev–Trinajstić information content (AvgIpc) is 3.29. The Morgan fingerprint density at radius 3 is 1.71 bits per heavy atom. The zero-order valence-corrected chi connectivity index (χ0v) is 19.1. The summed E-state index contributed by atoms with van der Waals surface area (Å²) in [5.41, 5.74) is 2.12. The highest BCUT2D eigenvalue weighted by Gasteiger charge is 2.50. The fourth-order valence-corrected chi connectivity index (χ4v) is 5.07. The van der Waals surface area contributed by atoms with E-state index in [1.807, 2.05) is 18.2 Å². The zero-order valence-electron chi connectivity index (χ0n) is 19.1. The van der Waals surface area contributed by atoms with Crippen molar-refractivity contribution < 1.29 is 33.2 Å². The van der Waals surface area contributed by atoms with Gasteiger partial charge in [-0.05, 0) is 35.8 Å². The molecule has 0 N–H and O–H groups in total. The van der Waals surface area contributed by atoms with Gasteiger partial charge in [-0.15, -0.1) is 0 Å². The molecule has 31 heavy (non-hydrogen) atoms. The minimum Gasteiger partial charge on any atom is -0.496 e. The first-order chi connectivity index (χ1) is 15.0. The third kappa shape index (κ3) is 3.18. The van der Waals surface area contributed by atoms with Gasteiger partial charge in [0.2, 0.25) is 18.3 Å². The van der Waals surface area contributed by atoms with Crippen LogP contribution in [-0.4, -0.2) is 42.3 Å². The molecule has 168 valence electrons. The molecule has 7 heteroatoms. The third-order valence-electron chi connectivity index (χ3n) is 6.82. The lowest BCUT2D eigenvalue weighted by molar-refractivity contribution is 0.117. The zero-order chi connectivity index (χ0) is 22.3. The number of methoxy groups -OCH3 is 5. The Bertz CT molecular complexity index is 971. The van der Waals surface area contributed by atoms with Crippen molar-refractivity contribution in [2.75, 3.05) is 42.3 Å². The Morgan fingerprint density at radius 2 is 1.13 bits per heavy atom. The van der Waals surface area contributed by atoms with E-state index in [1.54, 1.807) is 35.5 Å². The number of fused-ring (bicyclic) bond motifs is 1. The maximum atomic E-state index is 5.81. The monoisotopic (exact) mass is 430 g/mol. The lowest BCUT2D eigenvalue weighted by atomic mass is 9.53. The molecule has 1 saturated carbocycles. The number of hydrogen-bond donors (Lipinski definition) is 0. The third-order valence-corrected chi connectivity index (χ3v) is 6.82. The molecule has 2 aromatic rings. The minimum atomic E-state index is 0.148. The Balaban J connectivity index is 1.86. The van der Waals surface area contributed by atoms with Crippen molar-refractivity contribution >= 4 is 0 Å². The smallest absolute Gasteiger partial charge is 0.231 e. The molecular weight excluding hydrogens is 400 g/mol. The molecule has 0 spiro atoms. The first-order valence-corrected chi connectivity index (χ1v) is 10.3. The highest BCUT2D eigenvalue weighted by atomic mass is 16.7. The van der Waals surface area contributed by atoms with Crippen LogP contribution in [0.15, 0.2) is 18.2 Å². The van der Waals surface area contributed by atoms with Gasteiger partial charge in [0.05, 0.1) is 35.5 Å². The molecule has 4 rings (SSSR count). The molecule has 7 nitrogen and oxygen atoms in total. The van der Waals surface area contributed by atoms with Crippen LogP contribution >= 0.6 is 0 Å². The van der Waals surface area contributed by atoms with E-state index in [4.69, 9.17) is 33.2 Å². The van der Waals surface area contributed by atoms with Crippen molar-refractivity contribution in [3.63, 3.8) is 0 Å². The molecule has 4 unspecified atom stereocenters. The van der Waals surface area contributed by atoms with Gasteiger partial charge in [-0.25, -0.2) is 0 Å². The molecule has 0 aromatic heterocycles. The molecule has 4 atom stereocenters. The van der Waals surface area contributed by atoms with Gasteiger partial charge in [0.1, 0.15) is 5.75 Å². The Kier molecular flexibility index (Phi) is 5.69. The molecule has 0 bridgehead atoms. The summed E-state index contributed by atoms with van der Waals surface area (Å²) in [4.78, 5) is 0. The van der Waals surface area contributed by atoms with Crippen LogP contribution in [0.1, 0.15) is 36.8 Å². The summed E-state index contributed by atoms with van der Waals surface area (Å²) in [6.45, 7) is 4.67. The highest BCUT2D eigenvalue weighted by molar-refractivity contribution is 5.66. The van der Waals surface area contributed by atoms with Crippen LogP contribution in [0.2, 0.25) is 0 Å². The second-order valence-electron chi connectivity index (χ2n) is 7.99. The van der Waals surface area contributed by atoms with E-state index in [1.165, 1.54) is 0 Å². The SMILES string of the molecule is COc1cc(OC)c(C2C(C)C(C)C2c2cc(OC)c3c(c2OC)OCO3)cc1OC. The summed E-state index contributed by atoms with van der Waals surface area (Å²) in [6, 6.07) is 5.92. The second-order valence-corrected chi connectivity index (χ2v) is 7.99. The van der Waals surface area contributed by atoms with Crippen molar-refractivity contribution in [3.8, 4) is 40.2 Å². The average molecular weight is 430 g/mol. The van der Waals surface area contributed by atoms with Crippen molar-refractivity contribution in [3.05, 3.63) is 29.3 Å². The molecule has 1 aliphatic heterocycles.